The number of hydrogen-bond acceptors (Lipinski definition) is 8. The first-order chi connectivity index (χ1) is 17.2. The SMILES string of the molecule is COCCOc1ccc(Nc2c(C)c(N[C@H]3CCCNC3)nc3ccnn23)cc1.O=C(O)C(F)(F)F. The van der Waals surface area contributed by atoms with Crippen molar-refractivity contribution in [1.82, 2.24) is 19.9 Å². The van der Waals surface area contributed by atoms with Gasteiger partial charge < -0.3 is 30.5 Å². The second-order valence-corrected chi connectivity index (χ2v) is 8.02. The van der Waals surface area contributed by atoms with E-state index in [9.17, 15) is 13.2 Å². The molecule has 1 saturated heterocycles. The summed E-state index contributed by atoms with van der Waals surface area (Å²) in [6.45, 7) is 5.21. The number of aromatic nitrogens is 3. The van der Waals surface area contributed by atoms with Crippen LogP contribution in [0.15, 0.2) is 36.5 Å². The molecule has 1 fully saturated rings. The van der Waals surface area contributed by atoms with Crippen LogP contribution in [-0.4, -0.2) is 71.3 Å². The van der Waals surface area contributed by atoms with Gasteiger partial charge in [0, 0.05) is 37.0 Å². The third-order valence-corrected chi connectivity index (χ3v) is 5.32. The summed E-state index contributed by atoms with van der Waals surface area (Å²) in [6.07, 6.45) is -0.993. The first-order valence-electron chi connectivity index (χ1n) is 11.3. The van der Waals surface area contributed by atoms with Crippen molar-refractivity contribution in [2.75, 3.05) is 44.0 Å². The molecule has 0 radical (unpaired) electrons. The number of ether oxygens (including phenoxy) is 2. The molecular formula is C23H29F3N6O4. The van der Waals surface area contributed by atoms with Gasteiger partial charge in [0.1, 0.15) is 24.0 Å². The van der Waals surface area contributed by atoms with Gasteiger partial charge in [0.05, 0.1) is 12.8 Å². The Morgan fingerprint density at radius 2 is 1.97 bits per heavy atom. The molecule has 0 unspecified atom stereocenters. The maximum atomic E-state index is 10.6. The van der Waals surface area contributed by atoms with Crippen molar-refractivity contribution in [3.8, 4) is 5.75 Å². The Morgan fingerprint density at radius 3 is 2.58 bits per heavy atom. The first-order valence-corrected chi connectivity index (χ1v) is 11.3. The van der Waals surface area contributed by atoms with Gasteiger partial charge in [-0.3, -0.25) is 0 Å². The van der Waals surface area contributed by atoms with E-state index >= 15 is 0 Å². The fourth-order valence-electron chi connectivity index (χ4n) is 3.49. The Morgan fingerprint density at radius 1 is 1.25 bits per heavy atom. The monoisotopic (exact) mass is 510 g/mol. The van der Waals surface area contributed by atoms with Crippen molar-refractivity contribution in [2.24, 2.45) is 0 Å². The van der Waals surface area contributed by atoms with Crippen LogP contribution >= 0.6 is 0 Å². The van der Waals surface area contributed by atoms with Crippen LogP contribution < -0.4 is 20.7 Å². The number of carbonyl (C=O) groups is 1. The molecule has 10 nitrogen and oxygen atoms in total. The lowest BCUT2D eigenvalue weighted by Crippen LogP contribution is -2.38. The van der Waals surface area contributed by atoms with E-state index in [1.54, 1.807) is 13.3 Å². The Labute approximate surface area is 205 Å². The highest BCUT2D eigenvalue weighted by Gasteiger charge is 2.38. The minimum atomic E-state index is -5.08. The van der Waals surface area contributed by atoms with Gasteiger partial charge in [-0.15, -0.1) is 0 Å². The van der Waals surface area contributed by atoms with Gasteiger partial charge in [0.2, 0.25) is 0 Å². The third-order valence-electron chi connectivity index (χ3n) is 5.32. The van der Waals surface area contributed by atoms with E-state index in [0.29, 0.717) is 19.3 Å². The summed E-state index contributed by atoms with van der Waals surface area (Å²) >= 11 is 0. The molecule has 4 N–H and O–H groups in total. The number of carboxylic acid groups (broad SMARTS) is 1. The number of nitrogens with one attached hydrogen (secondary N) is 3. The molecule has 13 heteroatoms. The number of methoxy groups -OCH3 is 1. The molecule has 3 heterocycles. The van der Waals surface area contributed by atoms with Gasteiger partial charge in [-0.2, -0.15) is 22.8 Å². The molecule has 0 amide bonds. The van der Waals surface area contributed by atoms with Crippen molar-refractivity contribution in [3.05, 3.63) is 42.1 Å². The Bertz CT molecular complexity index is 1130. The van der Waals surface area contributed by atoms with E-state index in [0.717, 1.165) is 53.8 Å². The summed E-state index contributed by atoms with van der Waals surface area (Å²) in [5, 5.41) is 22.1. The van der Waals surface area contributed by atoms with E-state index in [1.807, 2.05) is 34.8 Å². The number of piperidine rings is 1. The molecule has 1 aliphatic heterocycles. The number of hydrogen-bond donors (Lipinski definition) is 4. The predicted molar refractivity (Wildman–Crippen MR) is 128 cm³/mol. The zero-order chi connectivity index (χ0) is 26.1. The third kappa shape index (κ3) is 7.46. The summed E-state index contributed by atoms with van der Waals surface area (Å²) in [5.41, 5.74) is 2.80. The Hall–Kier alpha value is -3.58. The molecular weight excluding hydrogens is 481 g/mol. The number of halogens is 3. The van der Waals surface area contributed by atoms with Gasteiger partial charge in [-0.05, 0) is 50.6 Å². The Balaban J connectivity index is 0.000000454. The fourth-order valence-corrected chi connectivity index (χ4v) is 3.49. The van der Waals surface area contributed by atoms with Crippen LogP contribution in [0.2, 0.25) is 0 Å². The van der Waals surface area contributed by atoms with Crippen LogP contribution in [0.5, 0.6) is 5.75 Å². The zero-order valence-electron chi connectivity index (χ0n) is 19.9. The number of anilines is 3. The van der Waals surface area contributed by atoms with Gasteiger partial charge in [0.15, 0.2) is 5.65 Å². The number of alkyl halides is 3. The number of fused-ring (bicyclic) bond motifs is 1. The predicted octanol–water partition coefficient (Wildman–Crippen LogP) is 3.60. The molecule has 36 heavy (non-hydrogen) atoms. The van der Waals surface area contributed by atoms with Crippen LogP contribution in [-0.2, 0) is 9.53 Å². The lowest BCUT2D eigenvalue weighted by Gasteiger charge is -2.25. The fraction of sp³-hybridized carbons (Fsp3) is 0.435. The highest BCUT2D eigenvalue weighted by molar-refractivity contribution is 5.73. The number of nitrogens with zero attached hydrogens (tertiary/aromatic N) is 3. The second kappa shape index (κ2) is 12.4. The molecule has 0 aliphatic carbocycles. The summed E-state index contributed by atoms with van der Waals surface area (Å²) in [4.78, 5) is 13.7. The molecule has 2 aromatic heterocycles. The highest BCUT2D eigenvalue weighted by Crippen LogP contribution is 2.28. The minimum absolute atomic E-state index is 0.386. The van der Waals surface area contributed by atoms with Gasteiger partial charge in [0.25, 0.3) is 0 Å². The maximum absolute atomic E-state index is 10.6. The largest absolute Gasteiger partial charge is 0.491 e. The van der Waals surface area contributed by atoms with Crippen LogP contribution in [0, 0.1) is 6.92 Å². The van der Waals surface area contributed by atoms with Gasteiger partial charge in [-0.25, -0.2) is 9.78 Å². The van der Waals surface area contributed by atoms with Crippen LogP contribution in [0.3, 0.4) is 0 Å². The van der Waals surface area contributed by atoms with Gasteiger partial charge in [-0.1, -0.05) is 0 Å². The van der Waals surface area contributed by atoms with Crippen LogP contribution in [0.25, 0.3) is 5.65 Å². The topological polar surface area (TPSA) is 122 Å². The molecule has 196 valence electrons. The Kier molecular flexibility index (Phi) is 9.31. The van der Waals surface area contributed by atoms with Crippen molar-refractivity contribution in [2.45, 2.75) is 32.0 Å². The smallest absolute Gasteiger partial charge is 0.490 e. The normalized spacial score (nSPS) is 15.6. The molecule has 1 aromatic carbocycles. The molecule has 1 aliphatic rings. The van der Waals surface area contributed by atoms with E-state index < -0.39 is 12.1 Å². The quantitative estimate of drug-likeness (QED) is 0.337. The van der Waals surface area contributed by atoms with E-state index in [2.05, 4.69) is 28.0 Å². The molecule has 0 spiro atoms. The van der Waals surface area contributed by atoms with E-state index in [1.165, 1.54) is 6.42 Å². The summed E-state index contributed by atoms with van der Waals surface area (Å²) in [5.74, 6) is -0.143. The average molecular weight is 511 g/mol. The summed E-state index contributed by atoms with van der Waals surface area (Å²) in [6, 6.07) is 10.2. The van der Waals surface area contributed by atoms with Crippen LogP contribution in [0.1, 0.15) is 18.4 Å². The van der Waals surface area contributed by atoms with Gasteiger partial charge >= 0.3 is 12.1 Å². The molecule has 0 bridgehead atoms. The van der Waals surface area contributed by atoms with E-state index in [-0.39, 0.29) is 0 Å². The molecule has 1 atom stereocenters. The molecule has 0 saturated carbocycles. The van der Waals surface area contributed by atoms with Crippen molar-refractivity contribution in [1.29, 1.82) is 0 Å². The van der Waals surface area contributed by atoms with Crippen molar-refractivity contribution < 1.29 is 32.5 Å². The van der Waals surface area contributed by atoms with Crippen molar-refractivity contribution >= 4 is 28.9 Å². The molecule has 3 aromatic rings. The van der Waals surface area contributed by atoms with E-state index in [4.69, 9.17) is 24.4 Å². The molecule has 4 rings (SSSR count). The second-order valence-electron chi connectivity index (χ2n) is 8.02. The minimum Gasteiger partial charge on any atom is -0.491 e. The number of rotatable bonds is 8. The lowest BCUT2D eigenvalue weighted by molar-refractivity contribution is -0.192. The number of benzene rings is 1. The lowest BCUT2D eigenvalue weighted by atomic mass is 10.1. The summed E-state index contributed by atoms with van der Waals surface area (Å²) < 4.78 is 44.2. The number of aliphatic carboxylic acids is 1. The average Bonchev–Trinajstić information content (AvgIpc) is 3.31. The maximum Gasteiger partial charge on any atom is 0.490 e. The summed E-state index contributed by atoms with van der Waals surface area (Å²) in [7, 11) is 1.66. The zero-order valence-corrected chi connectivity index (χ0v) is 19.9. The first kappa shape index (κ1) is 27.0. The number of carboxylic acids is 1. The van der Waals surface area contributed by atoms with Crippen molar-refractivity contribution in [3.63, 3.8) is 0 Å². The highest BCUT2D eigenvalue weighted by atomic mass is 19.4. The van der Waals surface area contributed by atoms with Crippen LogP contribution in [0.4, 0.5) is 30.5 Å². The standard InChI is InChI=1S/C21H28N6O2.C2HF3O2/c1-15-20(24-17-4-3-10-22-14-17)26-19-9-11-23-27(19)21(15)25-16-5-7-18(8-6-16)29-13-12-28-2;3-2(4,5)1(6)7/h5-9,11,17,22,25H,3-4,10,12-14H2,1-2H3,(H,24,26);(H,6,7)/t17-;/m0./s1.